The van der Waals surface area contributed by atoms with E-state index in [-0.39, 0.29) is 5.91 Å². The SMILES string of the molecule is N#CC1N(CCC(=S)Nc2ccccc2)C(=S)N(c2ccccc2)C12C(=O)Nc1ccccc12. The average Bonchev–Trinajstić information content (AvgIpc) is 3.29. The molecule has 2 aliphatic heterocycles. The van der Waals surface area contributed by atoms with Crippen LogP contribution in [0, 0.1) is 11.3 Å². The molecule has 3 aromatic carbocycles. The Hall–Kier alpha value is -3.80. The highest BCUT2D eigenvalue weighted by molar-refractivity contribution is 7.80. The van der Waals surface area contributed by atoms with Crippen molar-refractivity contribution in [2.24, 2.45) is 0 Å². The minimum absolute atomic E-state index is 0.265. The van der Waals surface area contributed by atoms with E-state index in [0.29, 0.717) is 28.8 Å². The zero-order valence-corrected chi connectivity index (χ0v) is 19.8. The number of benzene rings is 3. The van der Waals surface area contributed by atoms with Gasteiger partial charge in [-0.3, -0.25) is 9.69 Å². The Morgan fingerprint density at radius 1 is 1.03 bits per heavy atom. The molecule has 2 N–H and O–H groups in total. The number of carbonyl (C=O) groups is 1. The quantitative estimate of drug-likeness (QED) is 0.511. The van der Waals surface area contributed by atoms with E-state index in [0.717, 1.165) is 16.9 Å². The Balaban J connectivity index is 1.52. The van der Waals surface area contributed by atoms with E-state index in [1.165, 1.54) is 0 Å². The van der Waals surface area contributed by atoms with Crippen molar-refractivity contribution in [1.82, 2.24) is 4.90 Å². The smallest absolute Gasteiger partial charge is 0.258 e. The lowest BCUT2D eigenvalue weighted by Crippen LogP contribution is -2.54. The number of nitrogens with one attached hydrogen (secondary N) is 2. The molecule has 5 rings (SSSR count). The maximum absolute atomic E-state index is 13.7. The van der Waals surface area contributed by atoms with Gasteiger partial charge in [0.2, 0.25) is 0 Å². The summed E-state index contributed by atoms with van der Waals surface area (Å²) in [4.78, 5) is 17.9. The Labute approximate surface area is 208 Å². The number of carbonyl (C=O) groups excluding carboxylic acids is 1. The van der Waals surface area contributed by atoms with Crippen LogP contribution in [0.25, 0.3) is 0 Å². The molecule has 0 radical (unpaired) electrons. The molecule has 1 spiro atoms. The number of para-hydroxylation sites is 3. The molecule has 1 fully saturated rings. The van der Waals surface area contributed by atoms with Crippen LogP contribution in [0.1, 0.15) is 12.0 Å². The summed E-state index contributed by atoms with van der Waals surface area (Å²) in [7, 11) is 0. The first-order valence-corrected chi connectivity index (χ1v) is 11.7. The number of nitriles is 1. The molecule has 168 valence electrons. The zero-order valence-electron chi connectivity index (χ0n) is 18.1. The van der Waals surface area contributed by atoms with Gasteiger partial charge in [-0.25, -0.2) is 0 Å². The van der Waals surface area contributed by atoms with Gasteiger partial charge in [0.1, 0.15) is 0 Å². The van der Waals surface area contributed by atoms with Crippen molar-refractivity contribution in [3.63, 3.8) is 0 Å². The first-order chi connectivity index (χ1) is 16.6. The van der Waals surface area contributed by atoms with Gasteiger partial charge < -0.3 is 15.5 Å². The van der Waals surface area contributed by atoms with Crippen LogP contribution in [0.5, 0.6) is 0 Å². The van der Waals surface area contributed by atoms with Gasteiger partial charge in [-0.15, -0.1) is 0 Å². The highest BCUT2D eigenvalue weighted by Gasteiger charge is 2.65. The van der Waals surface area contributed by atoms with Crippen LogP contribution in [-0.4, -0.2) is 33.5 Å². The molecule has 1 saturated heterocycles. The summed E-state index contributed by atoms with van der Waals surface area (Å²) in [5, 5.41) is 17.0. The molecule has 2 aliphatic rings. The van der Waals surface area contributed by atoms with E-state index < -0.39 is 11.6 Å². The van der Waals surface area contributed by atoms with Crippen molar-refractivity contribution in [3.05, 3.63) is 90.5 Å². The third-order valence-corrected chi connectivity index (χ3v) is 6.93. The standard InChI is InChI=1S/C26H21N5OS2/c27-17-22-26(20-13-7-8-14-21(20)29-24(26)32)31(19-11-5-2-6-12-19)25(34)30(22)16-15-23(33)28-18-9-3-1-4-10-18/h1-14,22H,15-16H2,(H,28,33)(H,29,32). The topological polar surface area (TPSA) is 71.4 Å². The number of nitrogens with zero attached hydrogens (tertiary/aromatic N) is 3. The van der Waals surface area contributed by atoms with Crippen molar-refractivity contribution >= 4 is 57.5 Å². The molecule has 0 bridgehead atoms. The third kappa shape index (κ3) is 3.41. The summed E-state index contributed by atoms with van der Waals surface area (Å²) >= 11 is 11.5. The third-order valence-electron chi connectivity index (χ3n) is 6.20. The van der Waals surface area contributed by atoms with Crippen molar-refractivity contribution in [1.29, 1.82) is 5.26 Å². The van der Waals surface area contributed by atoms with Crippen molar-refractivity contribution in [2.75, 3.05) is 22.1 Å². The van der Waals surface area contributed by atoms with Gasteiger partial charge >= 0.3 is 0 Å². The lowest BCUT2D eigenvalue weighted by atomic mass is 9.83. The maximum Gasteiger partial charge on any atom is 0.258 e. The number of hydrogen-bond donors (Lipinski definition) is 2. The van der Waals surface area contributed by atoms with E-state index in [1.54, 1.807) is 0 Å². The van der Waals surface area contributed by atoms with Crippen molar-refractivity contribution < 1.29 is 4.79 Å². The monoisotopic (exact) mass is 483 g/mol. The number of fused-ring (bicyclic) bond motifs is 2. The highest BCUT2D eigenvalue weighted by Crippen LogP contribution is 2.50. The van der Waals surface area contributed by atoms with Crippen LogP contribution in [0.15, 0.2) is 84.9 Å². The van der Waals surface area contributed by atoms with E-state index >= 15 is 0 Å². The Morgan fingerprint density at radius 2 is 1.68 bits per heavy atom. The first kappa shape index (κ1) is 22.0. The summed E-state index contributed by atoms with van der Waals surface area (Å²) in [6.07, 6.45) is 0.477. The summed E-state index contributed by atoms with van der Waals surface area (Å²) < 4.78 is 0. The molecule has 0 saturated carbocycles. The normalized spacial score (nSPS) is 20.7. The molecule has 2 heterocycles. The second-order valence-electron chi connectivity index (χ2n) is 8.11. The van der Waals surface area contributed by atoms with Gasteiger partial charge in [0.25, 0.3) is 5.91 Å². The largest absolute Gasteiger partial charge is 0.350 e. The number of anilines is 3. The minimum atomic E-state index is -1.29. The highest BCUT2D eigenvalue weighted by atomic mass is 32.1. The van der Waals surface area contributed by atoms with Gasteiger partial charge in [0, 0.05) is 35.6 Å². The Kier molecular flexibility index (Phi) is 5.74. The van der Waals surface area contributed by atoms with Crippen LogP contribution in [0.3, 0.4) is 0 Å². The number of thiocarbonyl (C=S) groups is 2. The predicted octanol–water partition coefficient (Wildman–Crippen LogP) is 4.66. The average molecular weight is 484 g/mol. The molecule has 0 aromatic heterocycles. The summed E-state index contributed by atoms with van der Waals surface area (Å²) in [6, 6.07) is 28.3. The molecule has 1 amide bonds. The molecule has 34 heavy (non-hydrogen) atoms. The van der Waals surface area contributed by atoms with Gasteiger partial charge in [-0.05, 0) is 42.5 Å². The van der Waals surface area contributed by atoms with Crippen LogP contribution in [0.2, 0.25) is 0 Å². The number of rotatable bonds is 5. The Bertz CT molecular complexity index is 1310. The second kappa shape index (κ2) is 8.86. The molecular formula is C26H21N5OS2. The predicted molar refractivity (Wildman–Crippen MR) is 142 cm³/mol. The number of hydrogen-bond acceptors (Lipinski definition) is 4. The fourth-order valence-corrected chi connectivity index (χ4v) is 5.40. The maximum atomic E-state index is 13.7. The second-order valence-corrected chi connectivity index (χ2v) is 8.97. The first-order valence-electron chi connectivity index (χ1n) is 10.9. The fourth-order valence-electron chi connectivity index (χ4n) is 4.74. The van der Waals surface area contributed by atoms with Crippen LogP contribution < -0.4 is 15.5 Å². The van der Waals surface area contributed by atoms with Gasteiger partial charge in [-0.2, -0.15) is 5.26 Å². The molecule has 6 nitrogen and oxygen atoms in total. The van der Waals surface area contributed by atoms with Gasteiger partial charge in [-0.1, -0.05) is 66.8 Å². The molecule has 3 aromatic rings. The summed E-state index contributed by atoms with van der Waals surface area (Å²) in [5.41, 5.74) is 1.80. The van der Waals surface area contributed by atoms with Crippen molar-refractivity contribution in [3.8, 4) is 6.07 Å². The Morgan fingerprint density at radius 3 is 2.38 bits per heavy atom. The lowest BCUT2D eigenvalue weighted by Gasteiger charge is -2.34. The summed E-state index contributed by atoms with van der Waals surface area (Å²) in [5.74, 6) is -0.265. The van der Waals surface area contributed by atoms with E-state index in [9.17, 15) is 10.1 Å². The van der Waals surface area contributed by atoms with Crippen molar-refractivity contribution in [2.45, 2.75) is 18.0 Å². The zero-order chi connectivity index (χ0) is 23.7. The van der Waals surface area contributed by atoms with E-state index in [4.69, 9.17) is 24.4 Å². The number of amides is 1. The minimum Gasteiger partial charge on any atom is -0.350 e. The van der Waals surface area contributed by atoms with E-state index in [2.05, 4.69) is 16.7 Å². The van der Waals surface area contributed by atoms with E-state index in [1.807, 2.05) is 94.7 Å². The molecule has 0 aliphatic carbocycles. The fraction of sp³-hybridized carbons (Fsp3) is 0.154. The molecular weight excluding hydrogens is 462 g/mol. The van der Waals surface area contributed by atoms with Crippen LogP contribution in [-0.2, 0) is 10.3 Å². The van der Waals surface area contributed by atoms with Gasteiger partial charge in [0.15, 0.2) is 16.7 Å². The van der Waals surface area contributed by atoms with Crippen LogP contribution >= 0.6 is 24.4 Å². The molecule has 8 heteroatoms. The summed E-state index contributed by atoms with van der Waals surface area (Å²) in [6.45, 7) is 0.399. The molecule has 2 unspecified atom stereocenters. The lowest BCUT2D eigenvalue weighted by molar-refractivity contribution is -0.121. The molecule has 2 atom stereocenters. The van der Waals surface area contributed by atoms with Gasteiger partial charge in [0.05, 0.1) is 11.1 Å². The van der Waals surface area contributed by atoms with Crippen LogP contribution in [0.4, 0.5) is 17.1 Å².